The highest BCUT2D eigenvalue weighted by Gasteiger charge is 2.21. The van der Waals surface area contributed by atoms with Crippen LogP contribution in [-0.2, 0) is 11.2 Å². The second kappa shape index (κ2) is 7.27. The van der Waals surface area contributed by atoms with Crippen molar-refractivity contribution < 1.29 is 13.9 Å². The molecule has 3 rings (SSSR count). The number of amides is 1. The van der Waals surface area contributed by atoms with Gasteiger partial charge in [0.15, 0.2) is 0 Å². The number of aryl methyl sites for hydroxylation is 1. The van der Waals surface area contributed by atoms with Crippen molar-refractivity contribution in [3.63, 3.8) is 0 Å². The van der Waals surface area contributed by atoms with E-state index in [4.69, 9.17) is 4.74 Å². The Morgan fingerprint density at radius 3 is 2.78 bits per heavy atom. The zero-order chi connectivity index (χ0) is 16.1. The molecule has 0 fully saturated rings. The molecule has 120 valence electrons. The lowest BCUT2D eigenvalue weighted by atomic mass is 9.88. The molecule has 0 aromatic heterocycles. The lowest BCUT2D eigenvalue weighted by molar-refractivity contribution is -0.122. The molecular weight excluding hydrogens is 293 g/mol. The van der Waals surface area contributed by atoms with Crippen molar-refractivity contribution in [1.82, 2.24) is 5.32 Å². The monoisotopic (exact) mass is 313 g/mol. The van der Waals surface area contributed by atoms with E-state index in [9.17, 15) is 9.18 Å². The molecule has 4 heteroatoms. The van der Waals surface area contributed by atoms with Crippen molar-refractivity contribution in [1.29, 1.82) is 0 Å². The quantitative estimate of drug-likeness (QED) is 0.912. The van der Waals surface area contributed by atoms with Crippen LogP contribution in [0.5, 0.6) is 5.75 Å². The number of rotatable bonds is 5. The molecule has 0 heterocycles. The maximum atomic E-state index is 12.8. The Hall–Kier alpha value is -2.36. The van der Waals surface area contributed by atoms with E-state index in [0.717, 1.165) is 19.3 Å². The van der Waals surface area contributed by atoms with Crippen molar-refractivity contribution in [2.24, 2.45) is 0 Å². The van der Waals surface area contributed by atoms with E-state index in [1.807, 2.05) is 12.1 Å². The van der Waals surface area contributed by atoms with E-state index in [-0.39, 0.29) is 30.8 Å². The highest BCUT2D eigenvalue weighted by Crippen LogP contribution is 2.29. The predicted octanol–water partition coefficient (Wildman–Crippen LogP) is 3.79. The maximum Gasteiger partial charge on any atom is 0.223 e. The molecule has 0 radical (unpaired) electrons. The van der Waals surface area contributed by atoms with Gasteiger partial charge in [0.1, 0.15) is 11.6 Å². The molecule has 1 amide bonds. The lowest BCUT2D eigenvalue weighted by Crippen LogP contribution is -2.31. The van der Waals surface area contributed by atoms with Crippen LogP contribution in [0.2, 0.25) is 0 Å². The van der Waals surface area contributed by atoms with Gasteiger partial charge in [-0.05, 0) is 54.7 Å². The first-order valence-corrected chi connectivity index (χ1v) is 7.98. The van der Waals surface area contributed by atoms with Crippen LogP contribution in [-0.4, -0.2) is 12.5 Å². The molecule has 23 heavy (non-hydrogen) atoms. The molecule has 0 bridgehead atoms. The lowest BCUT2D eigenvalue weighted by Gasteiger charge is -2.26. The fraction of sp³-hybridized carbons (Fsp3) is 0.316. The molecule has 0 saturated heterocycles. The minimum atomic E-state index is -0.300. The molecule has 1 N–H and O–H groups in total. The number of nitrogens with one attached hydrogen (secondary N) is 1. The van der Waals surface area contributed by atoms with Gasteiger partial charge in [0, 0.05) is 0 Å². The van der Waals surface area contributed by atoms with Crippen LogP contribution >= 0.6 is 0 Å². The van der Waals surface area contributed by atoms with Crippen LogP contribution < -0.4 is 10.1 Å². The number of carbonyl (C=O) groups is 1. The molecule has 2 aromatic rings. The number of halogens is 1. The summed E-state index contributed by atoms with van der Waals surface area (Å²) in [6, 6.07) is 14.2. The molecule has 2 aromatic carbocycles. The number of carbonyl (C=O) groups excluding carboxylic acids is 1. The molecule has 3 nitrogen and oxygen atoms in total. The molecule has 1 aliphatic carbocycles. The van der Waals surface area contributed by atoms with Gasteiger partial charge < -0.3 is 10.1 Å². The maximum absolute atomic E-state index is 12.8. The predicted molar refractivity (Wildman–Crippen MR) is 86.8 cm³/mol. The number of hydrogen-bond acceptors (Lipinski definition) is 2. The number of fused-ring (bicyclic) bond motifs is 1. The summed E-state index contributed by atoms with van der Waals surface area (Å²) >= 11 is 0. The molecule has 0 saturated carbocycles. The van der Waals surface area contributed by atoms with Crippen molar-refractivity contribution in [2.45, 2.75) is 31.7 Å². The molecule has 0 aliphatic heterocycles. The van der Waals surface area contributed by atoms with Gasteiger partial charge >= 0.3 is 0 Å². The molecule has 1 unspecified atom stereocenters. The Labute approximate surface area is 135 Å². The minimum Gasteiger partial charge on any atom is -0.493 e. The number of ether oxygens (including phenoxy) is 1. The van der Waals surface area contributed by atoms with Gasteiger partial charge in [0.2, 0.25) is 5.91 Å². The first kappa shape index (κ1) is 15.5. The summed E-state index contributed by atoms with van der Waals surface area (Å²) in [6.45, 7) is 0.284. The van der Waals surface area contributed by atoms with E-state index < -0.39 is 0 Å². The third-order valence-corrected chi connectivity index (χ3v) is 4.12. The van der Waals surface area contributed by atoms with Gasteiger partial charge in [-0.15, -0.1) is 0 Å². The Kier molecular flexibility index (Phi) is 4.91. The average Bonchev–Trinajstić information content (AvgIpc) is 2.57. The second-order valence-electron chi connectivity index (χ2n) is 5.76. The van der Waals surface area contributed by atoms with Crippen molar-refractivity contribution in [3.05, 3.63) is 65.5 Å². The molecule has 1 atom stereocenters. The van der Waals surface area contributed by atoms with E-state index in [2.05, 4.69) is 17.4 Å². The molecular formula is C19H20FNO2. The third-order valence-electron chi connectivity index (χ3n) is 4.12. The zero-order valence-electron chi connectivity index (χ0n) is 12.9. The largest absolute Gasteiger partial charge is 0.493 e. The normalized spacial score (nSPS) is 16.5. The Morgan fingerprint density at radius 2 is 1.96 bits per heavy atom. The van der Waals surface area contributed by atoms with Crippen molar-refractivity contribution in [3.8, 4) is 5.75 Å². The minimum absolute atomic E-state index is 0.0196. The summed E-state index contributed by atoms with van der Waals surface area (Å²) in [4.78, 5) is 12.1. The van der Waals surface area contributed by atoms with Gasteiger partial charge in [-0.3, -0.25) is 4.79 Å². The summed E-state index contributed by atoms with van der Waals surface area (Å²) in [7, 11) is 0. The Balaban J connectivity index is 1.49. The molecule has 0 spiro atoms. The summed E-state index contributed by atoms with van der Waals surface area (Å²) < 4.78 is 18.3. The van der Waals surface area contributed by atoms with Gasteiger partial charge in [-0.2, -0.15) is 0 Å². The van der Waals surface area contributed by atoms with Crippen molar-refractivity contribution >= 4 is 5.91 Å². The summed E-state index contributed by atoms with van der Waals surface area (Å²) in [6.07, 6.45) is 3.43. The third kappa shape index (κ3) is 4.09. The SMILES string of the molecule is O=C(CCOc1ccc(F)cc1)NC1CCCc2ccccc21. The average molecular weight is 313 g/mol. The van der Waals surface area contributed by atoms with Crippen LogP contribution in [0.4, 0.5) is 4.39 Å². The molecule has 1 aliphatic rings. The van der Waals surface area contributed by atoms with Gasteiger partial charge in [-0.1, -0.05) is 24.3 Å². The first-order chi connectivity index (χ1) is 11.2. The Bertz CT molecular complexity index is 669. The highest BCUT2D eigenvalue weighted by molar-refractivity contribution is 5.76. The van der Waals surface area contributed by atoms with E-state index >= 15 is 0 Å². The van der Waals surface area contributed by atoms with Crippen LogP contribution in [0, 0.1) is 5.82 Å². The standard InChI is InChI=1S/C19H20FNO2/c20-15-8-10-16(11-9-15)23-13-12-19(22)21-18-7-3-5-14-4-1-2-6-17(14)18/h1-2,4,6,8-11,18H,3,5,7,12-13H2,(H,21,22). The number of benzene rings is 2. The summed E-state index contributed by atoms with van der Waals surface area (Å²) in [5, 5.41) is 3.09. The van der Waals surface area contributed by atoms with Gasteiger partial charge in [0.05, 0.1) is 19.1 Å². The van der Waals surface area contributed by atoms with Gasteiger partial charge in [0.25, 0.3) is 0 Å². The fourth-order valence-electron chi connectivity index (χ4n) is 2.96. The van der Waals surface area contributed by atoms with E-state index in [0.29, 0.717) is 5.75 Å². The van der Waals surface area contributed by atoms with Crippen molar-refractivity contribution in [2.75, 3.05) is 6.61 Å². The first-order valence-electron chi connectivity index (χ1n) is 7.98. The summed E-state index contributed by atoms with van der Waals surface area (Å²) in [5.41, 5.74) is 2.55. The van der Waals surface area contributed by atoms with Crippen LogP contribution in [0.25, 0.3) is 0 Å². The summed E-state index contributed by atoms with van der Waals surface area (Å²) in [5.74, 6) is 0.252. The van der Waals surface area contributed by atoms with Gasteiger partial charge in [-0.25, -0.2) is 4.39 Å². The highest BCUT2D eigenvalue weighted by atomic mass is 19.1. The van der Waals surface area contributed by atoms with E-state index in [1.165, 1.54) is 23.3 Å². The van der Waals surface area contributed by atoms with Crippen LogP contribution in [0.3, 0.4) is 0 Å². The van der Waals surface area contributed by atoms with Crippen LogP contribution in [0.1, 0.15) is 36.4 Å². The fourth-order valence-corrected chi connectivity index (χ4v) is 2.96. The number of hydrogen-bond donors (Lipinski definition) is 1. The van der Waals surface area contributed by atoms with Crippen LogP contribution in [0.15, 0.2) is 48.5 Å². The topological polar surface area (TPSA) is 38.3 Å². The zero-order valence-corrected chi connectivity index (χ0v) is 12.9. The smallest absolute Gasteiger partial charge is 0.223 e. The van der Waals surface area contributed by atoms with E-state index in [1.54, 1.807) is 12.1 Å². The second-order valence-corrected chi connectivity index (χ2v) is 5.76. The Morgan fingerprint density at radius 1 is 1.17 bits per heavy atom.